The van der Waals surface area contributed by atoms with E-state index < -0.39 is 0 Å². The van der Waals surface area contributed by atoms with E-state index in [0.29, 0.717) is 25.9 Å². The molecule has 4 N–H and O–H groups in total. The van der Waals surface area contributed by atoms with Crippen LogP contribution in [0.3, 0.4) is 0 Å². The maximum atomic E-state index is 11.1. The first kappa shape index (κ1) is 13.9. The normalized spacial score (nSPS) is 9.93. The van der Waals surface area contributed by atoms with Crippen molar-refractivity contribution in [3.63, 3.8) is 0 Å². The molecule has 0 aromatic heterocycles. The van der Waals surface area contributed by atoms with Crippen LogP contribution in [-0.2, 0) is 9.59 Å². The maximum absolute atomic E-state index is 11.1. The number of rotatable bonds is 9. The number of hydrogen-bond acceptors (Lipinski definition) is 3. The molecular weight excluding hydrogens is 194 g/mol. The Balaban J connectivity index is 3.16. The molecule has 0 aliphatic heterocycles. The van der Waals surface area contributed by atoms with Crippen LogP contribution in [0.15, 0.2) is 0 Å². The number of nitrogens with one attached hydrogen (secondary N) is 2. The fraction of sp³-hybridized carbons (Fsp3) is 0.800. The van der Waals surface area contributed by atoms with E-state index in [4.69, 9.17) is 5.73 Å². The Labute approximate surface area is 90.8 Å². The van der Waals surface area contributed by atoms with Crippen molar-refractivity contribution in [2.45, 2.75) is 32.1 Å². The molecule has 0 bridgehead atoms. The van der Waals surface area contributed by atoms with Gasteiger partial charge in [0.15, 0.2) is 0 Å². The zero-order chi connectivity index (χ0) is 11.5. The number of carbonyl (C=O) groups excluding carboxylic acids is 2. The van der Waals surface area contributed by atoms with Crippen LogP contribution in [0, 0.1) is 0 Å². The molecule has 0 atom stereocenters. The molecule has 0 saturated heterocycles. The van der Waals surface area contributed by atoms with Gasteiger partial charge in [0.2, 0.25) is 11.8 Å². The van der Waals surface area contributed by atoms with Crippen molar-refractivity contribution in [3.8, 4) is 0 Å². The predicted octanol–water partition coefficient (Wildman–Crippen LogP) is -0.242. The van der Waals surface area contributed by atoms with Crippen LogP contribution in [0.4, 0.5) is 0 Å². The third kappa shape index (κ3) is 10.8. The average molecular weight is 215 g/mol. The molecule has 15 heavy (non-hydrogen) atoms. The van der Waals surface area contributed by atoms with Gasteiger partial charge in [-0.15, -0.1) is 0 Å². The molecule has 0 aliphatic carbocycles. The minimum atomic E-state index is -0.256. The molecule has 0 unspecified atom stereocenters. The van der Waals surface area contributed by atoms with Crippen molar-refractivity contribution in [2.75, 3.05) is 20.1 Å². The highest BCUT2D eigenvalue weighted by atomic mass is 16.1. The first-order chi connectivity index (χ1) is 7.16. The van der Waals surface area contributed by atoms with Crippen molar-refractivity contribution in [2.24, 2.45) is 5.73 Å². The van der Waals surface area contributed by atoms with Crippen LogP contribution in [0.2, 0.25) is 0 Å². The lowest BCUT2D eigenvalue weighted by Crippen LogP contribution is -2.27. The summed E-state index contributed by atoms with van der Waals surface area (Å²) in [5, 5.41) is 5.72. The largest absolute Gasteiger partial charge is 0.370 e. The van der Waals surface area contributed by atoms with E-state index in [1.165, 1.54) is 0 Å². The molecule has 0 aliphatic rings. The van der Waals surface area contributed by atoms with Crippen LogP contribution < -0.4 is 16.4 Å². The summed E-state index contributed by atoms with van der Waals surface area (Å²) in [5.41, 5.74) is 4.99. The molecule has 0 aromatic rings. The summed E-state index contributed by atoms with van der Waals surface area (Å²) in [6.45, 7) is 1.38. The Bertz CT molecular complexity index is 195. The lowest BCUT2D eigenvalue weighted by atomic mass is 10.2. The molecule has 88 valence electrons. The van der Waals surface area contributed by atoms with E-state index in [-0.39, 0.29) is 11.8 Å². The van der Waals surface area contributed by atoms with Gasteiger partial charge in [-0.3, -0.25) is 9.59 Å². The minimum Gasteiger partial charge on any atom is -0.370 e. The summed E-state index contributed by atoms with van der Waals surface area (Å²) < 4.78 is 0. The minimum absolute atomic E-state index is 0.0688. The number of nitrogens with two attached hydrogens (primary N) is 1. The SMILES string of the molecule is CNCCC(=O)NCCCCCC(N)=O. The Morgan fingerprint density at radius 2 is 1.80 bits per heavy atom. The third-order valence-corrected chi connectivity index (χ3v) is 2.02. The molecule has 0 fully saturated rings. The zero-order valence-corrected chi connectivity index (χ0v) is 9.34. The summed E-state index contributed by atoms with van der Waals surface area (Å²) in [5.74, 6) is -0.188. The van der Waals surface area contributed by atoms with Crippen molar-refractivity contribution in [3.05, 3.63) is 0 Å². The maximum Gasteiger partial charge on any atom is 0.221 e. The van der Waals surface area contributed by atoms with Gasteiger partial charge < -0.3 is 16.4 Å². The molecule has 5 heteroatoms. The van der Waals surface area contributed by atoms with Gasteiger partial charge in [-0.05, 0) is 19.9 Å². The highest BCUT2D eigenvalue weighted by Gasteiger charge is 1.99. The van der Waals surface area contributed by atoms with Gasteiger partial charge in [0, 0.05) is 25.9 Å². The van der Waals surface area contributed by atoms with Gasteiger partial charge in [0.05, 0.1) is 0 Å². The molecule has 5 nitrogen and oxygen atoms in total. The van der Waals surface area contributed by atoms with Crippen molar-refractivity contribution < 1.29 is 9.59 Å². The van der Waals surface area contributed by atoms with Crippen LogP contribution in [-0.4, -0.2) is 32.0 Å². The van der Waals surface area contributed by atoms with E-state index >= 15 is 0 Å². The van der Waals surface area contributed by atoms with Gasteiger partial charge >= 0.3 is 0 Å². The number of hydrogen-bond donors (Lipinski definition) is 3. The van der Waals surface area contributed by atoms with E-state index in [0.717, 1.165) is 19.3 Å². The summed E-state index contributed by atoms with van der Waals surface area (Å²) in [6.07, 6.45) is 3.58. The van der Waals surface area contributed by atoms with Gasteiger partial charge in [0.1, 0.15) is 0 Å². The summed E-state index contributed by atoms with van der Waals surface area (Å²) in [6, 6.07) is 0. The highest BCUT2D eigenvalue weighted by molar-refractivity contribution is 5.76. The monoisotopic (exact) mass is 215 g/mol. The third-order valence-electron chi connectivity index (χ3n) is 2.02. The second-order valence-electron chi connectivity index (χ2n) is 3.48. The van der Waals surface area contributed by atoms with Gasteiger partial charge in [0.25, 0.3) is 0 Å². The molecule has 0 saturated carbocycles. The van der Waals surface area contributed by atoms with Crippen molar-refractivity contribution in [1.82, 2.24) is 10.6 Å². The number of unbranched alkanes of at least 4 members (excludes halogenated alkanes) is 2. The highest BCUT2D eigenvalue weighted by Crippen LogP contribution is 1.97. The lowest BCUT2D eigenvalue weighted by molar-refractivity contribution is -0.121. The first-order valence-electron chi connectivity index (χ1n) is 5.36. The van der Waals surface area contributed by atoms with E-state index in [1.54, 1.807) is 0 Å². The molecule has 0 heterocycles. The van der Waals surface area contributed by atoms with Crippen LogP contribution >= 0.6 is 0 Å². The molecule has 2 amide bonds. The smallest absolute Gasteiger partial charge is 0.221 e. The molecule has 0 rings (SSSR count). The lowest BCUT2D eigenvalue weighted by Gasteiger charge is -2.04. The van der Waals surface area contributed by atoms with Crippen LogP contribution in [0.25, 0.3) is 0 Å². The van der Waals surface area contributed by atoms with E-state index in [9.17, 15) is 9.59 Å². The number of primary amides is 1. The Hall–Kier alpha value is -1.10. The number of amides is 2. The zero-order valence-electron chi connectivity index (χ0n) is 9.34. The topological polar surface area (TPSA) is 84.2 Å². The Morgan fingerprint density at radius 1 is 1.07 bits per heavy atom. The fourth-order valence-electron chi connectivity index (χ4n) is 1.16. The fourth-order valence-corrected chi connectivity index (χ4v) is 1.16. The molecule has 0 radical (unpaired) electrons. The summed E-state index contributed by atoms with van der Waals surface area (Å²) in [4.78, 5) is 21.5. The molecular formula is C10H21N3O2. The second-order valence-corrected chi connectivity index (χ2v) is 3.48. The van der Waals surface area contributed by atoms with E-state index in [1.807, 2.05) is 7.05 Å². The second kappa shape index (κ2) is 9.45. The quantitative estimate of drug-likeness (QED) is 0.464. The van der Waals surface area contributed by atoms with Crippen LogP contribution in [0.5, 0.6) is 0 Å². The Kier molecular flexibility index (Phi) is 8.76. The molecule has 0 aromatic carbocycles. The first-order valence-corrected chi connectivity index (χ1v) is 5.36. The van der Waals surface area contributed by atoms with Crippen LogP contribution in [0.1, 0.15) is 32.1 Å². The summed E-state index contributed by atoms with van der Waals surface area (Å²) in [7, 11) is 1.82. The van der Waals surface area contributed by atoms with Gasteiger partial charge in [-0.25, -0.2) is 0 Å². The predicted molar refractivity (Wildman–Crippen MR) is 59.2 cm³/mol. The van der Waals surface area contributed by atoms with E-state index in [2.05, 4.69) is 10.6 Å². The average Bonchev–Trinajstić information content (AvgIpc) is 2.19. The Morgan fingerprint density at radius 3 is 2.40 bits per heavy atom. The summed E-state index contributed by atoms with van der Waals surface area (Å²) >= 11 is 0. The standard InChI is InChI=1S/C10H21N3O2/c1-12-8-6-10(15)13-7-4-2-3-5-9(11)14/h12H,2-8H2,1H3,(H2,11,14)(H,13,15). The number of carbonyl (C=O) groups is 2. The molecule has 0 spiro atoms. The van der Waals surface area contributed by atoms with Gasteiger partial charge in [-0.1, -0.05) is 6.42 Å². The van der Waals surface area contributed by atoms with Crippen molar-refractivity contribution >= 4 is 11.8 Å². The van der Waals surface area contributed by atoms with Gasteiger partial charge in [-0.2, -0.15) is 0 Å². The van der Waals surface area contributed by atoms with Crippen molar-refractivity contribution in [1.29, 1.82) is 0 Å².